The summed E-state index contributed by atoms with van der Waals surface area (Å²) in [6, 6.07) is 3.93. The Morgan fingerprint density at radius 3 is 2.75 bits per heavy atom. The van der Waals surface area contributed by atoms with E-state index in [0.29, 0.717) is 19.4 Å². The van der Waals surface area contributed by atoms with Crippen molar-refractivity contribution >= 4 is 17.4 Å². The molecule has 2 aromatic rings. The van der Waals surface area contributed by atoms with E-state index in [4.69, 9.17) is 5.10 Å². The summed E-state index contributed by atoms with van der Waals surface area (Å²) in [5.41, 5.74) is 0.719. The van der Waals surface area contributed by atoms with Crippen molar-refractivity contribution in [1.82, 2.24) is 30.0 Å². The number of fused-ring (bicyclic) bond motifs is 1. The van der Waals surface area contributed by atoms with Crippen molar-refractivity contribution in [2.24, 2.45) is 0 Å². The van der Waals surface area contributed by atoms with Crippen molar-refractivity contribution < 1.29 is 4.79 Å². The molecule has 0 unspecified atom stereocenters. The predicted octanol–water partition coefficient (Wildman–Crippen LogP) is 0.335. The minimum Gasteiger partial charge on any atom is -0.356 e. The van der Waals surface area contributed by atoms with Crippen molar-refractivity contribution in [3.05, 3.63) is 18.0 Å². The molecule has 0 spiro atoms. The number of nitrogens with zero attached hydrogens (tertiary/aromatic N) is 6. The first-order valence-corrected chi connectivity index (χ1v) is 8.59. The first kappa shape index (κ1) is 16.6. The lowest BCUT2D eigenvalue weighted by molar-refractivity contribution is -0.121. The first-order valence-electron chi connectivity index (χ1n) is 8.59. The van der Waals surface area contributed by atoms with Crippen molar-refractivity contribution in [3.63, 3.8) is 0 Å². The van der Waals surface area contributed by atoms with Gasteiger partial charge in [-0.15, -0.1) is 15.3 Å². The number of carbonyl (C=O) groups is 1. The first-order chi connectivity index (χ1) is 11.7. The molecule has 3 heterocycles. The quantitative estimate of drug-likeness (QED) is 0.822. The van der Waals surface area contributed by atoms with Crippen molar-refractivity contribution in [3.8, 4) is 0 Å². The van der Waals surface area contributed by atoms with Crippen molar-refractivity contribution in [1.29, 1.82) is 0 Å². The van der Waals surface area contributed by atoms with Crippen LogP contribution in [0.15, 0.2) is 12.1 Å². The van der Waals surface area contributed by atoms with Gasteiger partial charge in [-0.25, -0.2) is 0 Å². The standard InChI is InChI=1S/C16H25N7O/c1-3-8-17-16(24)7-6-14-19-18-13-4-5-15(20-23(13)14)22-11-9-21(2)10-12-22/h4-5H,3,6-12H2,1-2H3,(H,17,24). The third-order valence-corrected chi connectivity index (χ3v) is 4.29. The summed E-state index contributed by atoms with van der Waals surface area (Å²) < 4.78 is 1.76. The maximum absolute atomic E-state index is 11.8. The molecule has 24 heavy (non-hydrogen) atoms. The fourth-order valence-electron chi connectivity index (χ4n) is 2.76. The van der Waals surface area contributed by atoms with Gasteiger partial charge in [-0.1, -0.05) is 6.92 Å². The Labute approximate surface area is 141 Å². The van der Waals surface area contributed by atoms with E-state index < -0.39 is 0 Å². The molecule has 1 aliphatic rings. The van der Waals surface area contributed by atoms with Crippen LogP contribution in [0.3, 0.4) is 0 Å². The SMILES string of the molecule is CCCNC(=O)CCc1nnc2ccc(N3CCN(C)CC3)nn12. The zero-order valence-corrected chi connectivity index (χ0v) is 14.4. The Balaban J connectivity index is 1.70. The van der Waals surface area contributed by atoms with E-state index in [1.807, 2.05) is 19.1 Å². The molecule has 0 aliphatic carbocycles. The van der Waals surface area contributed by atoms with Gasteiger partial charge in [0.15, 0.2) is 11.5 Å². The summed E-state index contributed by atoms with van der Waals surface area (Å²) >= 11 is 0. The summed E-state index contributed by atoms with van der Waals surface area (Å²) in [6.07, 6.45) is 1.88. The average Bonchev–Trinajstić information content (AvgIpc) is 3.01. The van der Waals surface area contributed by atoms with Gasteiger partial charge in [0.05, 0.1) is 0 Å². The monoisotopic (exact) mass is 331 g/mol. The predicted molar refractivity (Wildman–Crippen MR) is 92.1 cm³/mol. The molecule has 1 N–H and O–H groups in total. The minimum atomic E-state index is 0.0452. The van der Waals surface area contributed by atoms with E-state index in [1.54, 1.807) is 4.52 Å². The van der Waals surface area contributed by atoms with Crippen LogP contribution in [0, 0.1) is 0 Å². The van der Waals surface area contributed by atoms with Gasteiger partial charge in [0.1, 0.15) is 5.82 Å². The molecule has 1 aliphatic heterocycles. The van der Waals surface area contributed by atoms with E-state index in [-0.39, 0.29) is 5.91 Å². The molecule has 0 radical (unpaired) electrons. The van der Waals surface area contributed by atoms with Gasteiger partial charge in [0, 0.05) is 45.6 Å². The fourth-order valence-corrected chi connectivity index (χ4v) is 2.76. The van der Waals surface area contributed by atoms with Crippen LogP contribution in [0.1, 0.15) is 25.6 Å². The summed E-state index contributed by atoms with van der Waals surface area (Å²) in [5, 5.41) is 15.9. The number of likely N-dealkylation sites (N-methyl/N-ethyl adjacent to an activating group) is 1. The fraction of sp³-hybridized carbons (Fsp3) is 0.625. The smallest absolute Gasteiger partial charge is 0.220 e. The molecule has 0 aromatic carbocycles. The molecule has 130 valence electrons. The van der Waals surface area contributed by atoms with Crippen LogP contribution in [-0.4, -0.2) is 70.4 Å². The number of hydrogen-bond donors (Lipinski definition) is 1. The Morgan fingerprint density at radius 1 is 1.21 bits per heavy atom. The molecular formula is C16H25N7O. The van der Waals surface area contributed by atoms with Gasteiger partial charge < -0.3 is 15.1 Å². The van der Waals surface area contributed by atoms with E-state index >= 15 is 0 Å². The molecule has 0 saturated carbocycles. The summed E-state index contributed by atoms with van der Waals surface area (Å²) in [6.45, 7) is 6.75. The van der Waals surface area contributed by atoms with E-state index in [9.17, 15) is 4.79 Å². The Hall–Kier alpha value is -2.22. The number of aryl methyl sites for hydroxylation is 1. The highest BCUT2D eigenvalue weighted by molar-refractivity contribution is 5.76. The largest absolute Gasteiger partial charge is 0.356 e. The van der Waals surface area contributed by atoms with Gasteiger partial charge in [-0.05, 0) is 25.6 Å². The topological polar surface area (TPSA) is 78.7 Å². The van der Waals surface area contributed by atoms with Crippen LogP contribution in [0.4, 0.5) is 5.82 Å². The summed E-state index contributed by atoms with van der Waals surface area (Å²) in [5.74, 6) is 1.71. The van der Waals surface area contributed by atoms with Crippen LogP contribution in [0.2, 0.25) is 0 Å². The van der Waals surface area contributed by atoms with E-state index in [2.05, 4.69) is 32.4 Å². The molecule has 3 rings (SSSR count). The molecule has 1 saturated heterocycles. The second-order valence-corrected chi connectivity index (χ2v) is 6.22. The van der Waals surface area contributed by atoms with Crippen LogP contribution in [0.5, 0.6) is 0 Å². The number of nitrogens with one attached hydrogen (secondary N) is 1. The van der Waals surface area contributed by atoms with Crippen LogP contribution >= 0.6 is 0 Å². The zero-order chi connectivity index (χ0) is 16.9. The Morgan fingerprint density at radius 2 is 2.00 bits per heavy atom. The van der Waals surface area contributed by atoms with E-state index in [1.165, 1.54) is 0 Å². The van der Waals surface area contributed by atoms with Gasteiger partial charge in [-0.3, -0.25) is 4.79 Å². The Kier molecular flexibility index (Phi) is 5.24. The second-order valence-electron chi connectivity index (χ2n) is 6.22. The van der Waals surface area contributed by atoms with Crippen LogP contribution in [-0.2, 0) is 11.2 Å². The summed E-state index contributed by atoms with van der Waals surface area (Å²) in [7, 11) is 2.13. The highest BCUT2D eigenvalue weighted by atomic mass is 16.1. The van der Waals surface area contributed by atoms with Gasteiger partial charge in [-0.2, -0.15) is 4.52 Å². The number of hydrogen-bond acceptors (Lipinski definition) is 6. The normalized spacial score (nSPS) is 15.8. The van der Waals surface area contributed by atoms with Crippen LogP contribution < -0.4 is 10.2 Å². The molecule has 8 heteroatoms. The van der Waals surface area contributed by atoms with Crippen molar-refractivity contribution in [2.75, 3.05) is 44.7 Å². The van der Waals surface area contributed by atoms with Gasteiger partial charge in [0.2, 0.25) is 5.91 Å². The van der Waals surface area contributed by atoms with E-state index in [0.717, 1.165) is 49.9 Å². The van der Waals surface area contributed by atoms with Crippen LogP contribution in [0.25, 0.3) is 5.65 Å². The molecule has 1 amide bonds. The lowest BCUT2D eigenvalue weighted by atomic mass is 10.3. The highest BCUT2D eigenvalue weighted by Gasteiger charge is 2.17. The molecule has 8 nitrogen and oxygen atoms in total. The van der Waals surface area contributed by atoms with Gasteiger partial charge >= 0.3 is 0 Å². The maximum Gasteiger partial charge on any atom is 0.220 e. The number of carbonyl (C=O) groups excluding carboxylic acids is 1. The zero-order valence-electron chi connectivity index (χ0n) is 14.4. The molecule has 0 bridgehead atoms. The highest BCUT2D eigenvalue weighted by Crippen LogP contribution is 2.14. The number of amides is 1. The maximum atomic E-state index is 11.8. The Bertz CT molecular complexity index is 691. The summed E-state index contributed by atoms with van der Waals surface area (Å²) in [4.78, 5) is 16.4. The molecule has 1 fully saturated rings. The number of piperazine rings is 1. The van der Waals surface area contributed by atoms with Crippen molar-refractivity contribution in [2.45, 2.75) is 26.2 Å². The number of anilines is 1. The number of rotatable bonds is 6. The van der Waals surface area contributed by atoms with Gasteiger partial charge in [0.25, 0.3) is 0 Å². The molecular weight excluding hydrogens is 306 g/mol. The third-order valence-electron chi connectivity index (χ3n) is 4.29. The second kappa shape index (κ2) is 7.57. The minimum absolute atomic E-state index is 0.0452. The average molecular weight is 331 g/mol. The lowest BCUT2D eigenvalue weighted by Crippen LogP contribution is -2.45. The molecule has 2 aromatic heterocycles. The lowest BCUT2D eigenvalue weighted by Gasteiger charge is -2.33. The number of aromatic nitrogens is 4. The third kappa shape index (κ3) is 3.81. The molecule has 0 atom stereocenters.